The third-order valence-electron chi connectivity index (χ3n) is 3.77. The molecule has 3 aromatic rings. The number of aromatic nitrogens is 4. The first-order valence-corrected chi connectivity index (χ1v) is 7.05. The minimum Gasteiger partial charge on any atom is -0.411 e. The van der Waals surface area contributed by atoms with E-state index in [1.54, 1.807) is 6.07 Å². The predicted octanol–water partition coefficient (Wildman–Crippen LogP) is 2.91. The van der Waals surface area contributed by atoms with Crippen LogP contribution in [0.4, 0.5) is 8.78 Å². The molecule has 0 spiro atoms. The van der Waals surface area contributed by atoms with E-state index >= 15 is 0 Å². The van der Waals surface area contributed by atoms with Crippen LogP contribution in [0.5, 0.6) is 0 Å². The van der Waals surface area contributed by atoms with Crippen molar-refractivity contribution in [1.82, 2.24) is 19.7 Å². The highest BCUT2D eigenvalue weighted by molar-refractivity contribution is 5.83. The molecule has 0 bridgehead atoms. The smallest absolute Gasteiger partial charge is 0.161 e. The van der Waals surface area contributed by atoms with Gasteiger partial charge in [0.25, 0.3) is 0 Å². The molecule has 8 heteroatoms. The molecule has 6 nitrogen and oxygen atoms in total. The van der Waals surface area contributed by atoms with Crippen LogP contribution in [0.25, 0.3) is 22.4 Å². The van der Waals surface area contributed by atoms with Crippen molar-refractivity contribution in [3.05, 3.63) is 41.7 Å². The summed E-state index contributed by atoms with van der Waals surface area (Å²) in [7, 11) is 0. The normalized spacial score (nSPS) is 14.9. The fourth-order valence-electron chi connectivity index (χ4n) is 2.62. The quantitative estimate of drug-likeness (QED) is 0.458. The van der Waals surface area contributed by atoms with Gasteiger partial charge in [-0.05, 0) is 18.9 Å². The van der Waals surface area contributed by atoms with Crippen molar-refractivity contribution in [3.8, 4) is 11.4 Å². The first-order valence-electron chi connectivity index (χ1n) is 7.05. The van der Waals surface area contributed by atoms with Gasteiger partial charge in [-0.25, -0.2) is 13.8 Å². The predicted molar refractivity (Wildman–Crippen MR) is 78.3 cm³/mol. The number of nitrogens with zero attached hydrogens (tertiary/aromatic N) is 5. The summed E-state index contributed by atoms with van der Waals surface area (Å²) in [4.78, 5) is 4.43. The van der Waals surface area contributed by atoms with E-state index < -0.39 is 11.6 Å². The van der Waals surface area contributed by atoms with Crippen molar-refractivity contribution < 1.29 is 14.0 Å². The van der Waals surface area contributed by atoms with Crippen LogP contribution in [0.15, 0.2) is 29.6 Å². The van der Waals surface area contributed by atoms with Crippen molar-refractivity contribution in [2.45, 2.75) is 18.9 Å². The monoisotopic (exact) mass is 315 g/mol. The molecule has 0 saturated heterocycles. The summed E-state index contributed by atoms with van der Waals surface area (Å²) in [5, 5.41) is 19.2. The molecule has 2 aromatic heterocycles. The van der Waals surface area contributed by atoms with Crippen LogP contribution in [-0.2, 0) is 0 Å². The minimum absolute atomic E-state index is 0.211. The second kappa shape index (κ2) is 5.08. The highest BCUT2D eigenvalue weighted by Crippen LogP contribution is 2.41. The third kappa shape index (κ3) is 2.32. The number of hydrogen-bond donors (Lipinski definition) is 1. The van der Waals surface area contributed by atoms with Crippen molar-refractivity contribution in [1.29, 1.82) is 0 Å². The van der Waals surface area contributed by atoms with E-state index in [9.17, 15) is 8.78 Å². The number of benzene rings is 1. The molecular formula is C15H11F2N5O. The van der Waals surface area contributed by atoms with Crippen molar-refractivity contribution in [2.24, 2.45) is 5.16 Å². The van der Waals surface area contributed by atoms with Gasteiger partial charge in [0.15, 0.2) is 11.6 Å². The van der Waals surface area contributed by atoms with Crippen LogP contribution in [0.1, 0.15) is 24.6 Å². The van der Waals surface area contributed by atoms with Gasteiger partial charge < -0.3 is 9.77 Å². The SMILES string of the molecule is ON=Cc1cc(-c2nc3cc(F)c(F)cc3n2C2CC2)cnn1. The Labute approximate surface area is 129 Å². The number of hydrogen-bond acceptors (Lipinski definition) is 5. The maximum Gasteiger partial charge on any atom is 0.161 e. The van der Waals surface area contributed by atoms with Crippen molar-refractivity contribution in [3.63, 3.8) is 0 Å². The molecule has 0 unspecified atom stereocenters. The standard InChI is InChI=1S/C15H11F2N5O/c16-11-4-13-14(5-12(11)17)22(10-1-2-10)15(20-13)8-3-9(7-19-23)21-18-6-8/h3-7,10,23H,1-2H2. The van der Waals surface area contributed by atoms with Gasteiger partial charge >= 0.3 is 0 Å². The van der Waals surface area contributed by atoms with Gasteiger partial charge in [-0.1, -0.05) is 5.16 Å². The summed E-state index contributed by atoms with van der Waals surface area (Å²) in [5.41, 5.74) is 1.94. The van der Waals surface area contributed by atoms with E-state index in [2.05, 4.69) is 20.3 Å². The Morgan fingerprint density at radius 3 is 2.74 bits per heavy atom. The minimum atomic E-state index is -0.926. The Hall–Kier alpha value is -2.90. The van der Waals surface area contributed by atoms with Gasteiger partial charge in [-0.15, -0.1) is 5.10 Å². The highest BCUT2D eigenvalue weighted by Gasteiger charge is 2.29. The van der Waals surface area contributed by atoms with Crippen LogP contribution < -0.4 is 0 Å². The lowest BCUT2D eigenvalue weighted by Crippen LogP contribution is -2.00. The maximum absolute atomic E-state index is 13.6. The fraction of sp³-hybridized carbons (Fsp3) is 0.200. The molecule has 1 fully saturated rings. The first kappa shape index (κ1) is 13.7. The zero-order valence-electron chi connectivity index (χ0n) is 11.8. The third-order valence-corrected chi connectivity index (χ3v) is 3.77. The van der Waals surface area contributed by atoms with Crippen LogP contribution in [0, 0.1) is 11.6 Å². The summed E-state index contributed by atoms with van der Waals surface area (Å²) in [6, 6.07) is 4.13. The second-order valence-corrected chi connectivity index (χ2v) is 5.41. The average molecular weight is 315 g/mol. The van der Waals surface area contributed by atoms with Gasteiger partial charge in [-0.3, -0.25) is 0 Å². The van der Waals surface area contributed by atoms with Gasteiger partial charge in [0.05, 0.1) is 23.4 Å². The number of halogens is 2. The van der Waals surface area contributed by atoms with E-state index in [1.807, 2.05) is 4.57 Å². The Bertz CT molecular complexity index is 933. The van der Waals surface area contributed by atoms with Gasteiger partial charge in [0.2, 0.25) is 0 Å². The largest absolute Gasteiger partial charge is 0.411 e. The number of imidazole rings is 1. The molecule has 116 valence electrons. The molecule has 0 radical (unpaired) electrons. The summed E-state index contributed by atoms with van der Waals surface area (Å²) < 4.78 is 29.0. The van der Waals surface area contributed by atoms with E-state index in [4.69, 9.17) is 5.21 Å². The number of fused-ring (bicyclic) bond motifs is 1. The van der Waals surface area contributed by atoms with Crippen molar-refractivity contribution in [2.75, 3.05) is 0 Å². The lowest BCUT2D eigenvalue weighted by atomic mass is 10.2. The lowest BCUT2D eigenvalue weighted by Gasteiger charge is -2.07. The second-order valence-electron chi connectivity index (χ2n) is 5.41. The Balaban J connectivity index is 1.96. The van der Waals surface area contributed by atoms with Gasteiger partial charge in [-0.2, -0.15) is 5.10 Å². The molecule has 1 N–H and O–H groups in total. The van der Waals surface area contributed by atoms with E-state index in [-0.39, 0.29) is 6.04 Å². The summed E-state index contributed by atoms with van der Waals surface area (Å²) in [5.74, 6) is -1.26. The molecule has 4 rings (SSSR count). The van der Waals surface area contributed by atoms with E-state index in [0.717, 1.165) is 25.1 Å². The molecular weight excluding hydrogens is 304 g/mol. The molecule has 1 saturated carbocycles. The summed E-state index contributed by atoms with van der Waals surface area (Å²) in [6.07, 6.45) is 4.59. The molecule has 0 atom stereocenters. The van der Waals surface area contributed by atoms with Crippen molar-refractivity contribution >= 4 is 17.2 Å². The molecule has 23 heavy (non-hydrogen) atoms. The molecule has 0 aliphatic heterocycles. The zero-order valence-corrected chi connectivity index (χ0v) is 11.8. The fourth-order valence-corrected chi connectivity index (χ4v) is 2.62. The number of rotatable bonds is 3. The Morgan fingerprint density at radius 1 is 1.22 bits per heavy atom. The average Bonchev–Trinajstić information content (AvgIpc) is 3.31. The molecule has 2 heterocycles. The summed E-state index contributed by atoms with van der Waals surface area (Å²) in [6.45, 7) is 0. The van der Waals surface area contributed by atoms with E-state index in [0.29, 0.717) is 28.1 Å². The van der Waals surface area contributed by atoms with Crippen LogP contribution in [0.2, 0.25) is 0 Å². The number of oxime groups is 1. The van der Waals surface area contributed by atoms with Crippen LogP contribution >= 0.6 is 0 Å². The Kier molecular flexibility index (Phi) is 3.03. The molecule has 1 aliphatic carbocycles. The first-order chi connectivity index (χ1) is 11.2. The lowest BCUT2D eigenvalue weighted by molar-refractivity contribution is 0.321. The molecule has 1 aromatic carbocycles. The molecule has 0 amide bonds. The highest BCUT2D eigenvalue weighted by atomic mass is 19.2. The summed E-state index contributed by atoms with van der Waals surface area (Å²) >= 11 is 0. The molecule has 1 aliphatic rings. The maximum atomic E-state index is 13.6. The Morgan fingerprint density at radius 2 is 2.00 bits per heavy atom. The van der Waals surface area contributed by atoms with E-state index in [1.165, 1.54) is 12.3 Å². The van der Waals surface area contributed by atoms with Gasteiger partial charge in [0, 0.05) is 23.7 Å². The van der Waals surface area contributed by atoms with Crippen LogP contribution in [0.3, 0.4) is 0 Å². The van der Waals surface area contributed by atoms with Crippen LogP contribution in [-0.4, -0.2) is 31.2 Å². The van der Waals surface area contributed by atoms with Gasteiger partial charge in [0.1, 0.15) is 11.5 Å². The zero-order chi connectivity index (χ0) is 16.0. The topological polar surface area (TPSA) is 76.2 Å².